The topological polar surface area (TPSA) is 61.4 Å². The summed E-state index contributed by atoms with van der Waals surface area (Å²) in [4.78, 5) is 26.3. The molecular formula is C23H25BrFN5O. The van der Waals surface area contributed by atoms with Gasteiger partial charge in [0.25, 0.3) is 0 Å². The average Bonchev–Trinajstić information content (AvgIpc) is 2.74. The molecule has 1 N–H and O–H groups in total. The minimum Gasteiger partial charge on any atom is -0.338 e. The van der Waals surface area contributed by atoms with Crippen LogP contribution in [0.5, 0.6) is 0 Å². The molecule has 31 heavy (non-hydrogen) atoms. The molecule has 0 bridgehead atoms. The van der Waals surface area contributed by atoms with Gasteiger partial charge in [-0.25, -0.2) is 14.4 Å². The molecule has 6 nitrogen and oxygen atoms in total. The van der Waals surface area contributed by atoms with Crippen molar-refractivity contribution < 1.29 is 9.18 Å². The molecule has 2 aromatic carbocycles. The van der Waals surface area contributed by atoms with Crippen molar-refractivity contribution in [1.82, 2.24) is 14.9 Å². The van der Waals surface area contributed by atoms with Gasteiger partial charge in [-0.05, 0) is 56.3 Å². The Bertz CT molecular complexity index is 1110. The van der Waals surface area contributed by atoms with Crippen LogP contribution in [-0.4, -0.2) is 54.0 Å². The number of benzene rings is 2. The molecule has 2 heterocycles. The first kappa shape index (κ1) is 21.6. The zero-order chi connectivity index (χ0) is 22.0. The molecule has 1 amide bonds. The predicted octanol–water partition coefficient (Wildman–Crippen LogP) is 4.16. The Kier molecular flexibility index (Phi) is 6.48. The van der Waals surface area contributed by atoms with Crippen molar-refractivity contribution in [2.24, 2.45) is 0 Å². The van der Waals surface area contributed by atoms with E-state index in [1.807, 2.05) is 25.1 Å². The molecule has 0 unspecified atom stereocenters. The lowest BCUT2D eigenvalue weighted by Gasteiger charge is -2.32. The highest BCUT2D eigenvalue weighted by Gasteiger charge is 2.18. The number of hydrogen-bond donors (Lipinski definition) is 1. The van der Waals surface area contributed by atoms with Crippen LogP contribution in [0.4, 0.5) is 16.0 Å². The van der Waals surface area contributed by atoms with Crippen LogP contribution in [0.3, 0.4) is 0 Å². The van der Waals surface area contributed by atoms with Gasteiger partial charge in [0, 0.05) is 48.1 Å². The molecule has 1 fully saturated rings. The molecule has 1 aromatic heterocycles. The number of aromatic nitrogens is 2. The normalized spacial score (nSPS) is 14.8. The zero-order valence-electron chi connectivity index (χ0n) is 17.7. The first-order chi connectivity index (χ1) is 14.9. The number of amides is 1. The van der Waals surface area contributed by atoms with Crippen LogP contribution in [0.15, 0.2) is 40.9 Å². The van der Waals surface area contributed by atoms with Crippen molar-refractivity contribution in [3.05, 3.63) is 57.9 Å². The lowest BCUT2D eigenvalue weighted by atomic mass is 10.1. The highest BCUT2D eigenvalue weighted by Crippen LogP contribution is 2.24. The number of hydrogen-bond acceptors (Lipinski definition) is 5. The summed E-state index contributed by atoms with van der Waals surface area (Å²) in [5.74, 6) is 0.289. The van der Waals surface area contributed by atoms with Crippen LogP contribution in [0.1, 0.15) is 17.7 Å². The number of aryl methyl sites for hydroxylation is 2. The quantitative estimate of drug-likeness (QED) is 0.587. The maximum absolute atomic E-state index is 14.0. The van der Waals surface area contributed by atoms with Crippen molar-refractivity contribution in [2.45, 2.75) is 19.8 Å². The maximum Gasteiger partial charge on any atom is 0.226 e. The van der Waals surface area contributed by atoms with E-state index >= 15 is 0 Å². The van der Waals surface area contributed by atoms with Crippen LogP contribution >= 0.6 is 15.9 Å². The molecule has 162 valence electrons. The molecule has 8 heteroatoms. The summed E-state index contributed by atoms with van der Waals surface area (Å²) in [5, 5.41) is 3.81. The first-order valence-electron chi connectivity index (χ1n) is 10.3. The van der Waals surface area contributed by atoms with Gasteiger partial charge in [-0.3, -0.25) is 4.79 Å². The lowest BCUT2D eigenvalue weighted by molar-refractivity contribution is -0.116. The third-order valence-corrected chi connectivity index (χ3v) is 6.07. The minimum atomic E-state index is -0.309. The summed E-state index contributed by atoms with van der Waals surface area (Å²) in [5.41, 5.74) is 2.95. The summed E-state index contributed by atoms with van der Waals surface area (Å²) in [7, 11) is 2.12. The van der Waals surface area contributed by atoms with Crippen molar-refractivity contribution >= 4 is 44.4 Å². The molecule has 1 saturated heterocycles. The van der Waals surface area contributed by atoms with Gasteiger partial charge < -0.3 is 15.1 Å². The standard InChI is InChI=1S/C23H25BrFN5O/c1-15-19-14-18(27-22(31)8-4-16-3-5-17(24)13-20(16)25)6-7-21(19)28-23(26-15)30-11-9-29(2)10-12-30/h3,5-7,13-14H,4,8-12H2,1-2H3,(H,27,31). The number of fused-ring (bicyclic) bond motifs is 1. The van der Waals surface area contributed by atoms with Gasteiger partial charge in [-0.2, -0.15) is 0 Å². The summed E-state index contributed by atoms with van der Waals surface area (Å²) in [6.45, 7) is 5.78. The van der Waals surface area contributed by atoms with Crippen molar-refractivity contribution in [1.29, 1.82) is 0 Å². The van der Waals surface area contributed by atoms with Gasteiger partial charge in [0.05, 0.1) is 11.2 Å². The fraction of sp³-hybridized carbons (Fsp3) is 0.348. The molecule has 0 radical (unpaired) electrons. The number of nitrogens with one attached hydrogen (secondary N) is 1. The Hall–Kier alpha value is -2.58. The number of halogens is 2. The summed E-state index contributed by atoms with van der Waals surface area (Å²) < 4.78 is 14.6. The number of carbonyl (C=O) groups excluding carboxylic acids is 1. The number of carbonyl (C=O) groups is 1. The monoisotopic (exact) mass is 485 g/mol. The van der Waals surface area contributed by atoms with Crippen molar-refractivity contribution in [3.63, 3.8) is 0 Å². The number of anilines is 2. The second kappa shape index (κ2) is 9.28. The smallest absolute Gasteiger partial charge is 0.226 e. The number of piperazine rings is 1. The van der Waals surface area contributed by atoms with E-state index < -0.39 is 0 Å². The molecule has 3 aromatic rings. The molecule has 0 saturated carbocycles. The van der Waals surface area contributed by atoms with Crippen molar-refractivity contribution in [2.75, 3.05) is 43.4 Å². The SMILES string of the molecule is Cc1nc(N2CCN(C)CC2)nc2ccc(NC(=O)CCc3ccc(Br)cc3F)cc12. The number of rotatable bonds is 5. The van der Waals surface area contributed by atoms with Crippen LogP contribution in [0.25, 0.3) is 10.9 Å². The van der Waals surface area contributed by atoms with E-state index in [0.29, 0.717) is 22.1 Å². The molecular weight excluding hydrogens is 461 g/mol. The van der Waals surface area contributed by atoms with Gasteiger partial charge in [0.1, 0.15) is 5.82 Å². The van der Waals surface area contributed by atoms with E-state index in [1.54, 1.807) is 12.1 Å². The zero-order valence-corrected chi connectivity index (χ0v) is 19.2. The minimum absolute atomic E-state index is 0.158. The molecule has 1 aliphatic heterocycles. The Morgan fingerprint density at radius 2 is 1.90 bits per heavy atom. The van der Waals surface area contributed by atoms with Crippen LogP contribution in [-0.2, 0) is 11.2 Å². The van der Waals surface area contributed by atoms with Gasteiger partial charge in [0.2, 0.25) is 11.9 Å². The second-order valence-corrected chi connectivity index (χ2v) is 8.83. The Morgan fingerprint density at radius 1 is 1.13 bits per heavy atom. The maximum atomic E-state index is 14.0. The van der Waals surface area contributed by atoms with Gasteiger partial charge >= 0.3 is 0 Å². The van der Waals surface area contributed by atoms with Crippen molar-refractivity contribution in [3.8, 4) is 0 Å². The summed E-state index contributed by atoms with van der Waals surface area (Å²) >= 11 is 3.24. The number of nitrogens with zero attached hydrogens (tertiary/aromatic N) is 4. The second-order valence-electron chi connectivity index (χ2n) is 7.92. The summed E-state index contributed by atoms with van der Waals surface area (Å²) in [6.07, 6.45) is 0.545. The van der Waals surface area contributed by atoms with Gasteiger partial charge in [0.15, 0.2) is 0 Å². The van der Waals surface area contributed by atoms with E-state index in [9.17, 15) is 9.18 Å². The lowest BCUT2D eigenvalue weighted by Crippen LogP contribution is -2.45. The largest absolute Gasteiger partial charge is 0.338 e. The van der Waals surface area contributed by atoms with E-state index in [-0.39, 0.29) is 18.1 Å². The predicted molar refractivity (Wildman–Crippen MR) is 125 cm³/mol. The number of likely N-dealkylation sites (N-methyl/N-ethyl adjacent to an activating group) is 1. The third-order valence-electron chi connectivity index (χ3n) is 5.58. The molecule has 4 rings (SSSR count). The van der Waals surface area contributed by atoms with Crippen LogP contribution < -0.4 is 10.2 Å². The van der Waals surface area contributed by atoms with Crippen LogP contribution in [0, 0.1) is 12.7 Å². The Morgan fingerprint density at radius 3 is 2.65 bits per heavy atom. The highest BCUT2D eigenvalue weighted by molar-refractivity contribution is 9.10. The van der Waals surface area contributed by atoms with E-state index in [2.05, 4.69) is 38.1 Å². The molecule has 0 aliphatic carbocycles. The Balaban J connectivity index is 1.44. The van der Waals surface area contributed by atoms with E-state index in [1.165, 1.54) is 6.07 Å². The van der Waals surface area contributed by atoms with Gasteiger partial charge in [-0.1, -0.05) is 22.0 Å². The highest BCUT2D eigenvalue weighted by atomic mass is 79.9. The molecule has 1 aliphatic rings. The summed E-state index contributed by atoms with van der Waals surface area (Å²) in [6, 6.07) is 10.5. The average molecular weight is 486 g/mol. The van der Waals surface area contributed by atoms with Crippen LogP contribution in [0.2, 0.25) is 0 Å². The molecule has 0 atom stereocenters. The first-order valence-corrected chi connectivity index (χ1v) is 11.1. The molecule has 0 spiro atoms. The van der Waals surface area contributed by atoms with E-state index in [0.717, 1.165) is 48.7 Å². The van der Waals surface area contributed by atoms with Gasteiger partial charge in [-0.15, -0.1) is 0 Å². The fourth-order valence-corrected chi connectivity index (χ4v) is 4.02. The Labute approximate surface area is 189 Å². The third kappa shape index (κ3) is 5.19. The van der Waals surface area contributed by atoms with E-state index in [4.69, 9.17) is 9.97 Å². The fourth-order valence-electron chi connectivity index (χ4n) is 3.69.